The Morgan fingerprint density at radius 1 is 0.364 bits per heavy atom. The van der Waals surface area contributed by atoms with E-state index in [1.807, 2.05) is 0 Å². The quantitative estimate of drug-likeness (QED) is 0.201. The third-order valence-corrected chi connectivity index (χ3v) is 10.7. The van der Waals surface area contributed by atoms with Gasteiger partial charge in [0.2, 0.25) is 0 Å². The maximum absolute atomic E-state index is 6.60. The summed E-state index contributed by atoms with van der Waals surface area (Å²) in [4.78, 5) is 2.54. The lowest BCUT2D eigenvalue weighted by Crippen LogP contribution is -1.99. The number of fused-ring (bicyclic) bond motifs is 4. The van der Waals surface area contributed by atoms with Crippen molar-refractivity contribution in [3.8, 4) is 77.3 Å². The molecule has 4 heterocycles. The third-order valence-electron chi connectivity index (χ3n) is 8.89. The molecule has 206 valence electrons. The Morgan fingerprint density at radius 3 is 1.27 bits per heavy atom. The van der Waals surface area contributed by atoms with E-state index >= 15 is 0 Å². The Balaban J connectivity index is 1.07. The maximum atomic E-state index is 6.60. The molecule has 44 heavy (non-hydrogen) atoms. The van der Waals surface area contributed by atoms with E-state index in [9.17, 15) is 0 Å². The summed E-state index contributed by atoms with van der Waals surface area (Å²) in [6.45, 7) is 0. The van der Waals surface area contributed by atoms with Crippen LogP contribution in [-0.2, 0) is 0 Å². The van der Waals surface area contributed by atoms with Crippen molar-refractivity contribution >= 4 is 44.2 Å². The molecular formula is C40H22O2S2. The van der Waals surface area contributed by atoms with E-state index < -0.39 is 0 Å². The van der Waals surface area contributed by atoms with Crippen LogP contribution >= 0.6 is 22.7 Å². The van der Waals surface area contributed by atoms with Gasteiger partial charge in [0.25, 0.3) is 0 Å². The summed E-state index contributed by atoms with van der Waals surface area (Å²) < 4.78 is 13.2. The lowest BCUT2D eigenvalue weighted by Gasteiger charge is -2.24. The van der Waals surface area contributed by atoms with Crippen LogP contribution in [0.1, 0.15) is 0 Å². The Bertz CT molecular complexity index is 2260. The van der Waals surface area contributed by atoms with Gasteiger partial charge in [-0.05, 0) is 103 Å². The van der Waals surface area contributed by atoms with Crippen molar-refractivity contribution in [2.45, 2.75) is 0 Å². The Hall–Kier alpha value is -5.16. The molecule has 0 aliphatic carbocycles. The topological polar surface area (TPSA) is 18.5 Å². The van der Waals surface area contributed by atoms with Crippen LogP contribution < -0.4 is 9.47 Å². The average molecular weight is 599 g/mol. The van der Waals surface area contributed by atoms with Gasteiger partial charge in [-0.2, -0.15) is 0 Å². The summed E-state index contributed by atoms with van der Waals surface area (Å²) in [6, 6.07) is 43.4. The first-order valence-electron chi connectivity index (χ1n) is 14.6. The third kappa shape index (κ3) is 3.47. The summed E-state index contributed by atoms with van der Waals surface area (Å²) >= 11 is 3.53. The molecule has 0 atom stereocenters. The molecule has 0 bridgehead atoms. The predicted molar refractivity (Wildman–Crippen MR) is 185 cm³/mol. The summed E-state index contributed by atoms with van der Waals surface area (Å²) in [5, 5.41) is 9.06. The first-order chi connectivity index (χ1) is 21.8. The molecule has 8 aromatic rings. The van der Waals surface area contributed by atoms with Gasteiger partial charge >= 0.3 is 0 Å². The van der Waals surface area contributed by atoms with E-state index in [1.54, 1.807) is 22.7 Å². The molecule has 0 spiro atoms. The van der Waals surface area contributed by atoms with Gasteiger partial charge in [0.15, 0.2) is 0 Å². The minimum atomic E-state index is 0.876. The zero-order valence-electron chi connectivity index (χ0n) is 23.3. The zero-order valence-corrected chi connectivity index (χ0v) is 25.0. The number of hydrogen-bond acceptors (Lipinski definition) is 4. The molecule has 4 heteroatoms. The van der Waals surface area contributed by atoms with Crippen molar-refractivity contribution in [3.05, 3.63) is 132 Å². The highest BCUT2D eigenvalue weighted by molar-refractivity contribution is 7.14. The second-order valence-electron chi connectivity index (χ2n) is 11.3. The Morgan fingerprint density at radius 2 is 0.818 bits per heavy atom. The molecule has 0 fully saturated rings. The predicted octanol–water partition coefficient (Wildman–Crippen LogP) is 12.7. The fourth-order valence-electron chi connectivity index (χ4n) is 6.91. The first kappa shape index (κ1) is 24.3. The number of ether oxygens (including phenoxy) is 2. The van der Waals surface area contributed by atoms with E-state index in [0.717, 1.165) is 45.3 Å². The summed E-state index contributed by atoms with van der Waals surface area (Å²) in [5.41, 5.74) is 9.35. The molecule has 0 saturated heterocycles. The molecule has 2 nitrogen and oxygen atoms in total. The number of rotatable bonds is 3. The minimum Gasteiger partial charge on any atom is -0.456 e. The molecule has 0 radical (unpaired) electrons. The number of hydrogen-bond donors (Lipinski definition) is 0. The highest BCUT2D eigenvalue weighted by atomic mass is 32.1. The highest BCUT2D eigenvalue weighted by Crippen LogP contribution is 2.52. The van der Waals surface area contributed by atoms with Gasteiger partial charge in [0.05, 0.1) is 0 Å². The van der Waals surface area contributed by atoms with Gasteiger partial charge in [-0.1, -0.05) is 72.8 Å². The van der Waals surface area contributed by atoms with Crippen LogP contribution in [-0.4, -0.2) is 0 Å². The smallest absolute Gasteiger partial charge is 0.135 e. The fourth-order valence-corrected chi connectivity index (χ4v) is 8.45. The average Bonchev–Trinajstić information content (AvgIpc) is 3.80. The maximum Gasteiger partial charge on any atom is 0.135 e. The summed E-state index contributed by atoms with van der Waals surface area (Å²) in [6.07, 6.45) is 0. The molecule has 0 unspecified atom stereocenters. The number of thiophene rings is 2. The molecule has 0 amide bonds. The largest absolute Gasteiger partial charge is 0.456 e. The highest BCUT2D eigenvalue weighted by Gasteiger charge is 2.25. The van der Waals surface area contributed by atoms with E-state index in [4.69, 9.17) is 9.47 Å². The molecule has 0 saturated carbocycles. The van der Waals surface area contributed by atoms with E-state index in [0.29, 0.717) is 0 Å². The van der Waals surface area contributed by atoms with Crippen LogP contribution in [0.5, 0.6) is 23.0 Å². The van der Waals surface area contributed by atoms with Gasteiger partial charge in [-0.15, -0.1) is 22.7 Å². The number of benzene rings is 6. The monoisotopic (exact) mass is 598 g/mol. The van der Waals surface area contributed by atoms with Crippen molar-refractivity contribution in [2.75, 3.05) is 0 Å². The summed E-state index contributed by atoms with van der Waals surface area (Å²) in [5.74, 6) is 3.56. The molecule has 10 rings (SSSR count). The zero-order chi connectivity index (χ0) is 28.8. The summed E-state index contributed by atoms with van der Waals surface area (Å²) in [7, 11) is 0. The van der Waals surface area contributed by atoms with Gasteiger partial charge < -0.3 is 9.47 Å². The van der Waals surface area contributed by atoms with E-state index in [2.05, 4.69) is 132 Å². The molecule has 2 aliphatic rings. The molecule has 0 N–H and O–H groups in total. The van der Waals surface area contributed by atoms with Crippen molar-refractivity contribution in [1.82, 2.24) is 0 Å². The Kier molecular flexibility index (Phi) is 5.06. The van der Waals surface area contributed by atoms with E-state index in [1.165, 1.54) is 53.6 Å². The van der Waals surface area contributed by atoms with Crippen molar-refractivity contribution in [1.29, 1.82) is 0 Å². The second kappa shape index (κ2) is 9.17. The standard InChI is InChI=1S/C40H22O2S2/c1-5-29-27(37-9-3-19-43-37)15-17-31-25-13-11-23(21-35(25)41-33(7-1)39(29)31)24-12-14-26-32-18-16-28(38-10-4-20-44-38)30-6-2-8-34(40(30)32)42-36(26)22-24/h1-22H. The minimum absolute atomic E-state index is 0.876. The van der Waals surface area contributed by atoms with Crippen LogP contribution in [0.3, 0.4) is 0 Å². The molecule has 2 aromatic heterocycles. The SMILES string of the molecule is c1csc(-c2ccc3c4c(cccc24)Oc2cc(-c4ccc5c(c4)Oc4cccc6c(-c7cccs7)ccc-5c46)ccc2-3)c1. The van der Waals surface area contributed by atoms with Crippen LogP contribution in [0.2, 0.25) is 0 Å². The molecule has 2 aliphatic heterocycles. The van der Waals surface area contributed by atoms with Crippen LogP contribution in [0, 0.1) is 0 Å². The van der Waals surface area contributed by atoms with Gasteiger partial charge in [0, 0.05) is 31.7 Å². The van der Waals surface area contributed by atoms with Gasteiger partial charge in [-0.3, -0.25) is 0 Å². The lowest BCUT2D eigenvalue weighted by atomic mass is 9.89. The van der Waals surface area contributed by atoms with Crippen LogP contribution in [0.4, 0.5) is 0 Å². The second-order valence-corrected chi connectivity index (χ2v) is 13.2. The van der Waals surface area contributed by atoms with Crippen LogP contribution in [0.15, 0.2) is 132 Å². The fraction of sp³-hybridized carbons (Fsp3) is 0. The Labute approximate surface area is 262 Å². The van der Waals surface area contributed by atoms with E-state index in [-0.39, 0.29) is 0 Å². The van der Waals surface area contributed by atoms with Gasteiger partial charge in [-0.25, -0.2) is 0 Å². The first-order valence-corrected chi connectivity index (χ1v) is 16.4. The normalized spacial score (nSPS) is 12.5. The van der Waals surface area contributed by atoms with Crippen molar-refractivity contribution < 1.29 is 9.47 Å². The van der Waals surface area contributed by atoms with Gasteiger partial charge in [0.1, 0.15) is 23.0 Å². The van der Waals surface area contributed by atoms with Crippen LogP contribution in [0.25, 0.3) is 75.8 Å². The van der Waals surface area contributed by atoms with Crippen molar-refractivity contribution in [2.24, 2.45) is 0 Å². The lowest BCUT2D eigenvalue weighted by molar-refractivity contribution is 0.486. The molecule has 6 aromatic carbocycles. The van der Waals surface area contributed by atoms with Crippen molar-refractivity contribution in [3.63, 3.8) is 0 Å². The molecular weight excluding hydrogens is 577 g/mol.